The smallest absolute Gasteiger partial charge is 0.408 e. The van der Waals surface area contributed by atoms with Crippen LogP contribution in [-0.2, 0) is 29.1 Å². The number of nitrogens with zero attached hydrogens (tertiary/aromatic N) is 2. The van der Waals surface area contributed by atoms with Crippen LogP contribution in [0.3, 0.4) is 0 Å². The largest absolute Gasteiger partial charge is 0.494 e. The highest BCUT2D eigenvalue weighted by Gasteiger charge is 2.62. The fourth-order valence-electron chi connectivity index (χ4n) is 7.06. The predicted octanol–water partition coefficient (Wildman–Crippen LogP) is 4.78. The monoisotopic (exact) mass is 781 g/mol. The molecule has 4 amide bonds. The quantitative estimate of drug-likeness (QED) is 0.189. The van der Waals surface area contributed by atoms with E-state index in [1.807, 2.05) is 37.3 Å². The molecule has 1 saturated heterocycles. The summed E-state index contributed by atoms with van der Waals surface area (Å²) in [6.45, 7) is 16.7. The minimum Gasteiger partial charge on any atom is -0.494 e. The van der Waals surface area contributed by atoms with Gasteiger partial charge in [-0.25, -0.2) is 18.2 Å². The van der Waals surface area contributed by atoms with Gasteiger partial charge in [0, 0.05) is 23.1 Å². The minimum atomic E-state index is -3.91. The fourth-order valence-corrected chi connectivity index (χ4v) is 8.42. The van der Waals surface area contributed by atoms with Gasteiger partial charge >= 0.3 is 6.09 Å². The number of nitrogens with one attached hydrogen (secondary N) is 3. The van der Waals surface area contributed by atoms with Crippen LogP contribution in [0.2, 0.25) is 0 Å². The molecule has 0 spiro atoms. The van der Waals surface area contributed by atoms with Gasteiger partial charge in [0.05, 0.1) is 25.1 Å². The van der Waals surface area contributed by atoms with Crippen LogP contribution >= 0.6 is 0 Å². The first-order valence-electron chi connectivity index (χ1n) is 18.9. The maximum atomic E-state index is 14.8. The number of aromatic nitrogens is 1. The van der Waals surface area contributed by atoms with Crippen molar-refractivity contribution in [3.63, 3.8) is 0 Å². The average molecular weight is 782 g/mol. The van der Waals surface area contributed by atoms with Crippen LogP contribution in [0.4, 0.5) is 4.79 Å². The molecular formula is C40H55N5O9S. The Morgan fingerprint density at radius 3 is 2.38 bits per heavy atom. The van der Waals surface area contributed by atoms with Gasteiger partial charge in [0.1, 0.15) is 35.1 Å². The molecule has 2 aromatic rings. The first kappa shape index (κ1) is 41.5. The van der Waals surface area contributed by atoms with Crippen LogP contribution in [0.25, 0.3) is 10.8 Å². The lowest BCUT2D eigenvalue weighted by Crippen LogP contribution is -2.59. The average Bonchev–Trinajstić information content (AvgIpc) is 4.06. The molecule has 55 heavy (non-hydrogen) atoms. The first-order chi connectivity index (χ1) is 25.9. The Hall–Kier alpha value is -4.66. The molecule has 300 valence electrons. The number of methoxy groups -OCH3 is 1. The summed E-state index contributed by atoms with van der Waals surface area (Å²) in [5.41, 5.74) is -2.40. The van der Waals surface area contributed by atoms with Crippen molar-refractivity contribution in [2.24, 2.45) is 17.8 Å². The third-order valence-electron chi connectivity index (χ3n) is 10.5. The van der Waals surface area contributed by atoms with Gasteiger partial charge in [0.25, 0.3) is 5.91 Å². The molecule has 1 aromatic heterocycles. The second kappa shape index (κ2) is 16.6. The highest BCUT2D eigenvalue weighted by Crippen LogP contribution is 2.45. The van der Waals surface area contributed by atoms with Gasteiger partial charge in [-0.3, -0.25) is 19.1 Å². The van der Waals surface area contributed by atoms with Crippen LogP contribution in [0, 0.1) is 17.8 Å². The molecule has 0 radical (unpaired) electrons. The van der Waals surface area contributed by atoms with E-state index in [0.29, 0.717) is 30.4 Å². The summed E-state index contributed by atoms with van der Waals surface area (Å²) in [7, 11) is -2.37. The molecule has 2 heterocycles. The molecule has 2 aliphatic carbocycles. The molecule has 14 nitrogen and oxygen atoms in total. The van der Waals surface area contributed by atoms with Gasteiger partial charge in [0.15, 0.2) is 0 Å². The van der Waals surface area contributed by atoms with Crippen molar-refractivity contribution in [1.29, 1.82) is 0 Å². The number of hydrogen-bond donors (Lipinski definition) is 3. The zero-order valence-corrected chi connectivity index (χ0v) is 33.4. The van der Waals surface area contributed by atoms with Gasteiger partial charge in [0.2, 0.25) is 27.7 Å². The van der Waals surface area contributed by atoms with E-state index in [1.54, 1.807) is 27.9 Å². The van der Waals surface area contributed by atoms with Crippen molar-refractivity contribution in [1.82, 2.24) is 25.2 Å². The molecule has 2 saturated carbocycles. The molecule has 5 rings (SSSR count). The Balaban J connectivity index is 1.46. The van der Waals surface area contributed by atoms with Crippen LogP contribution < -0.4 is 24.8 Å². The standard InChI is InChI=1S/C40H55N5O9S/c1-9-24(3)14-13-15-25(4)33(42-38(49)54-39(5,6)7)36(47)45-23-27(53-35-30-17-12-11-16-29(30)32(52-8)22-41-35)20-31(45)34(46)43-40(21-26(40)10-2)37(48)44-55(50,51)28-18-19-28/h9-12,16-17,22,24-28,31,33H,1-2,13-15,18-21,23H2,3-8H3,(H,42,49)(H,43,46)(H,44,48)/t24?,25-,26-,27-,31+,33+,40-/m1/s1. The van der Waals surface area contributed by atoms with Crippen LogP contribution in [0.1, 0.15) is 79.6 Å². The topological polar surface area (TPSA) is 182 Å². The van der Waals surface area contributed by atoms with Gasteiger partial charge < -0.3 is 29.7 Å². The second-order valence-corrected chi connectivity index (χ2v) is 18.0. The molecule has 15 heteroatoms. The zero-order chi connectivity index (χ0) is 40.3. The van der Waals surface area contributed by atoms with E-state index in [4.69, 9.17) is 14.2 Å². The summed E-state index contributed by atoms with van der Waals surface area (Å²) in [4.78, 5) is 61.7. The Bertz CT molecular complexity index is 1910. The van der Waals surface area contributed by atoms with Crippen LogP contribution in [0.15, 0.2) is 55.8 Å². The third kappa shape index (κ3) is 9.78. The molecule has 7 atom stereocenters. The maximum absolute atomic E-state index is 14.8. The number of carbonyl (C=O) groups excluding carboxylic acids is 4. The zero-order valence-electron chi connectivity index (χ0n) is 32.6. The predicted molar refractivity (Wildman–Crippen MR) is 208 cm³/mol. The number of rotatable bonds is 17. The van der Waals surface area contributed by atoms with Crippen molar-refractivity contribution in [3.05, 3.63) is 55.8 Å². The van der Waals surface area contributed by atoms with Crippen molar-refractivity contribution in [2.75, 3.05) is 13.7 Å². The number of alkyl carbamates (subject to hydrolysis) is 1. The molecule has 3 N–H and O–H groups in total. The minimum absolute atomic E-state index is 0.0147. The lowest BCUT2D eigenvalue weighted by Gasteiger charge is -2.33. The van der Waals surface area contributed by atoms with Crippen molar-refractivity contribution >= 4 is 44.6 Å². The lowest BCUT2D eigenvalue weighted by molar-refractivity contribution is -0.142. The molecule has 0 bridgehead atoms. The Labute approximate surface area is 323 Å². The number of benzene rings is 1. The number of fused-ring (bicyclic) bond motifs is 1. The molecular weight excluding hydrogens is 727 g/mol. The normalized spacial score (nSPS) is 23.8. The van der Waals surface area contributed by atoms with Gasteiger partial charge in [-0.05, 0) is 70.8 Å². The van der Waals surface area contributed by atoms with Gasteiger partial charge in [-0.15, -0.1) is 13.2 Å². The van der Waals surface area contributed by atoms with Crippen LogP contribution in [-0.4, -0.2) is 90.3 Å². The molecule has 1 unspecified atom stereocenters. The van der Waals surface area contributed by atoms with Gasteiger partial charge in [-0.2, -0.15) is 0 Å². The number of ether oxygens (including phenoxy) is 3. The number of pyridine rings is 1. The van der Waals surface area contributed by atoms with E-state index in [1.165, 1.54) is 17.2 Å². The summed E-state index contributed by atoms with van der Waals surface area (Å²) in [5.74, 6) is -1.86. The molecule has 1 aromatic carbocycles. The maximum Gasteiger partial charge on any atom is 0.408 e. The van der Waals surface area contributed by atoms with E-state index < -0.39 is 74.3 Å². The molecule has 3 aliphatic rings. The Morgan fingerprint density at radius 1 is 1.09 bits per heavy atom. The van der Waals surface area contributed by atoms with Crippen LogP contribution in [0.5, 0.6) is 11.6 Å². The summed E-state index contributed by atoms with van der Waals surface area (Å²) in [6.07, 6.45) is 6.63. The lowest BCUT2D eigenvalue weighted by atomic mass is 9.92. The third-order valence-corrected chi connectivity index (χ3v) is 12.4. The van der Waals surface area contributed by atoms with E-state index in [9.17, 15) is 27.6 Å². The highest BCUT2D eigenvalue weighted by molar-refractivity contribution is 7.91. The van der Waals surface area contributed by atoms with Gasteiger partial charge in [-0.1, -0.05) is 50.6 Å². The number of hydrogen-bond acceptors (Lipinski definition) is 10. The number of carbonyl (C=O) groups is 4. The number of allylic oxidation sites excluding steroid dienone is 1. The first-order valence-corrected chi connectivity index (χ1v) is 20.5. The fraction of sp³-hybridized carbons (Fsp3) is 0.575. The molecule has 1 aliphatic heterocycles. The van der Waals surface area contributed by atoms with Crippen molar-refractivity contribution < 1.29 is 41.8 Å². The Morgan fingerprint density at radius 2 is 1.78 bits per heavy atom. The van der Waals surface area contributed by atoms with E-state index in [2.05, 4.69) is 40.4 Å². The Kier molecular flexibility index (Phi) is 12.5. The summed E-state index contributed by atoms with van der Waals surface area (Å²) >= 11 is 0. The summed E-state index contributed by atoms with van der Waals surface area (Å²) < 4.78 is 45.1. The van der Waals surface area contributed by atoms with E-state index in [-0.39, 0.29) is 37.1 Å². The van der Waals surface area contributed by atoms with Crippen molar-refractivity contribution in [3.8, 4) is 11.6 Å². The SMILES string of the molecule is C=CC(C)CCC[C@@H](C)[C@H](NC(=O)OC(C)(C)C)C(=O)N1C[C@H](Oc2ncc(OC)c3ccccc23)C[C@H]1C(=O)N[C@]1(C(=O)NS(=O)(=O)C2CC2)C[C@H]1C=C. The van der Waals surface area contributed by atoms with E-state index in [0.717, 1.165) is 18.2 Å². The highest BCUT2D eigenvalue weighted by atomic mass is 32.2. The molecule has 3 fully saturated rings. The summed E-state index contributed by atoms with van der Waals surface area (Å²) in [6, 6.07) is 5.16. The number of likely N-dealkylation sites (tertiary alicyclic amines) is 1. The van der Waals surface area contributed by atoms with E-state index >= 15 is 0 Å². The number of amides is 4. The number of sulfonamides is 1. The summed E-state index contributed by atoms with van der Waals surface area (Å²) in [5, 5.41) is 6.37. The van der Waals surface area contributed by atoms with Crippen molar-refractivity contribution in [2.45, 2.75) is 114 Å². The second-order valence-electron chi connectivity index (χ2n) is 16.1.